The molecular weight excluding hydrogens is 242 g/mol. The molecule has 0 aromatic carbocycles. The molecule has 1 fully saturated rings. The minimum atomic E-state index is 0.0475. The maximum absolute atomic E-state index is 5.85. The van der Waals surface area contributed by atoms with Crippen molar-refractivity contribution in [3.63, 3.8) is 0 Å². The first-order valence-electron chi connectivity index (χ1n) is 5.88. The molecule has 0 amide bonds. The van der Waals surface area contributed by atoms with Gasteiger partial charge in [0.1, 0.15) is 11.9 Å². The standard InChI is InChI=1S/C11H18ClN3O2/c1-8-3-4-9(17-8)11-14-13-10(7-12)15(11)5-6-16-2/h8-9H,3-7H2,1-2H3. The molecule has 2 unspecified atom stereocenters. The normalized spacial score (nSPS) is 24.4. The second-order valence-electron chi connectivity index (χ2n) is 4.27. The molecule has 17 heavy (non-hydrogen) atoms. The Morgan fingerprint density at radius 3 is 2.88 bits per heavy atom. The molecule has 6 heteroatoms. The molecule has 96 valence electrons. The summed E-state index contributed by atoms with van der Waals surface area (Å²) in [6, 6.07) is 0. The first-order valence-corrected chi connectivity index (χ1v) is 6.42. The van der Waals surface area contributed by atoms with E-state index in [4.69, 9.17) is 21.1 Å². The molecule has 2 rings (SSSR count). The van der Waals surface area contributed by atoms with Gasteiger partial charge in [-0.2, -0.15) is 0 Å². The van der Waals surface area contributed by atoms with E-state index in [1.165, 1.54) is 0 Å². The van der Waals surface area contributed by atoms with Crippen LogP contribution < -0.4 is 0 Å². The van der Waals surface area contributed by atoms with Crippen LogP contribution in [0.4, 0.5) is 0 Å². The van der Waals surface area contributed by atoms with Crippen molar-refractivity contribution in [3.8, 4) is 0 Å². The lowest BCUT2D eigenvalue weighted by molar-refractivity contribution is 0.0469. The van der Waals surface area contributed by atoms with Crippen LogP contribution in [0.3, 0.4) is 0 Å². The zero-order chi connectivity index (χ0) is 12.3. The predicted molar refractivity (Wildman–Crippen MR) is 64.0 cm³/mol. The van der Waals surface area contributed by atoms with Crippen LogP contribution in [0.15, 0.2) is 0 Å². The molecule has 1 aliphatic rings. The van der Waals surface area contributed by atoms with E-state index in [9.17, 15) is 0 Å². The number of hydrogen-bond donors (Lipinski definition) is 0. The SMILES string of the molecule is COCCn1c(CCl)nnc1C1CCC(C)O1. The van der Waals surface area contributed by atoms with Crippen molar-refractivity contribution in [2.75, 3.05) is 13.7 Å². The largest absolute Gasteiger partial charge is 0.383 e. The Morgan fingerprint density at radius 1 is 1.47 bits per heavy atom. The van der Waals surface area contributed by atoms with Crippen molar-refractivity contribution in [1.29, 1.82) is 0 Å². The van der Waals surface area contributed by atoms with Crippen LogP contribution in [0.25, 0.3) is 0 Å². The molecule has 0 spiro atoms. The number of ether oxygens (including phenoxy) is 2. The molecule has 0 bridgehead atoms. The highest BCUT2D eigenvalue weighted by Crippen LogP contribution is 2.31. The highest BCUT2D eigenvalue weighted by Gasteiger charge is 2.28. The second kappa shape index (κ2) is 5.80. The van der Waals surface area contributed by atoms with E-state index < -0.39 is 0 Å². The number of aromatic nitrogens is 3. The van der Waals surface area contributed by atoms with Crippen LogP contribution >= 0.6 is 11.6 Å². The van der Waals surface area contributed by atoms with E-state index in [2.05, 4.69) is 17.1 Å². The molecule has 1 aliphatic heterocycles. The first kappa shape index (κ1) is 12.8. The highest BCUT2D eigenvalue weighted by atomic mass is 35.5. The molecular formula is C11H18ClN3O2. The predicted octanol–water partition coefficient (Wildman–Crippen LogP) is 1.90. The monoisotopic (exact) mass is 259 g/mol. The van der Waals surface area contributed by atoms with E-state index in [0.717, 1.165) is 31.0 Å². The molecule has 5 nitrogen and oxygen atoms in total. The van der Waals surface area contributed by atoms with Gasteiger partial charge in [0.25, 0.3) is 0 Å². The Balaban J connectivity index is 2.17. The van der Waals surface area contributed by atoms with Gasteiger partial charge in [0, 0.05) is 13.7 Å². The lowest BCUT2D eigenvalue weighted by Gasteiger charge is -2.13. The average Bonchev–Trinajstić information content (AvgIpc) is 2.91. The molecule has 1 aromatic heterocycles. The Morgan fingerprint density at radius 2 is 2.29 bits per heavy atom. The molecule has 1 aromatic rings. The van der Waals surface area contributed by atoms with Gasteiger partial charge in [-0.05, 0) is 19.8 Å². The molecule has 2 atom stereocenters. The molecule has 0 N–H and O–H groups in total. The number of hydrogen-bond acceptors (Lipinski definition) is 4. The summed E-state index contributed by atoms with van der Waals surface area (Å²) in [4.78, 5) is 0. The fraction of sp³-hybridized carbons (Fsp3) is 0.818. The van der Waals surface area contributed by atoms with Crippen LogP contribution in [0, 0.1) is 0 Å². The summed E-state index contributed by atoms with van der Waals surface area (Å²) in [7, 11) is 1.68. The van der Waals surface area contributed by atoms with Crippen molar-refractivity contribution >= 4 is 11.6 Å². The summed E-state index contributed by atoms with van der Waals surface area (Å²) in [5.74, 6) is 2.02. The van der Waals surface area contributed by atoms with E-state index in [1.807, 2.05) is 4.57 Å². The molecule has 1 saturated heterocycles. The van der Waals surface area contributed by atoms with Crippen LogP contribution in [0.2, 0.25) is 0 Å². The number of methoxy groups -OCH3 is 1. The third kappa shape index (κ3) is 2.78. The number of rotatable bonds is 5. The van der Waals surface area contributed by atoms with Crippen LogP contribution in [0.1, 0.15) is 37.5 Å². The summed E-state index contributed by atoms with van der Waals surface area (Å²) in [6.07, 6.45) is 2.41. The minimum Gasteiger partial charge on any atom is -0.383 e. The summed E-state index contributed by atoms with van der Waals surface area (Å²) in [6.45, 7) is 3.42. The summed E-state index contributed by atoms with van der Waals surface area (Å²) in [5, 5.41) is 8.31. The Bertz CT molecular complexity index is 370. The molecule has 2 heterocycles. The van der Waals surface area contributed by atoms with Crippen molar-refractivity contribution in [2.45, 2.75) is 44.4 Å². The zero-order valence-corrected chi connectivity index (χ0v) is 11.0. The number of alkyl halides is 1. The quantitative estimate of drug-likeness (QED) is 0.758. The smallest absolute Gasteiger partial charge is 0.162 e. The molecule has 0 aliphatic carbocycles. The fourth-order valence-corrected chi connectivity index (χ4v) is 2.30. The molecule has 0 saturated carbocycles. The van der Waals surface area contributed by atoms with Crippen LogP contribution in [0.5, 0.6) is 0 Å². The topological polar surface area (TPSA) is 49.2 Å². The third-order valence-corrected chi connectivity index (χ3v) is 3.25. The van der Waals surface area contributed by atoms with Gasteiger partial charge in [-0.25, -0.2) is 0 Å². The van der Waals surface area contributed by atoms with Crippen LogP contribution in [-0.2, 0) is 21.9 Å². The van der Waals surface area contributed by atoms with Gasteiger partial charge in [-0.3, -0.25) is 0 Å². The van der Waals surface area contributed by atoms with Gasteiger partial charge in [-0.1, -0.05) is 0 Å². The Hall–Kier alpha value is -0.650. The van der Waals surface area contributed by atoms with Gasteiger partial charge in [0.15, 0.2) is 5.82 Å². The van der Waals surface area contributed by atoms with Gasteiger partial charge in [0.05, 0.1) is 18.6 Å². The minimum absolute atomic E-state index is 0.0475. The lowest BCUT2D eigenvalue weighted by Crippen LogP contribution is -2.14. The number of nitrogens with zero attached hydrogens (tertiary/aromatic N) is 3. The highest BCUT2D eigenvalue weighted by molar-refractivity contribution is 6.16. The Labute approximate surface area is 106 Å². The van der Waals surface area contributed by atoms with Crippen molar-refractivity contribution in [3.05, 3.63) is 11.6 Å². The van der Waals surface area contributed by atoms with Crippen molar-refractivity contribution in [2.24, 2.45) is 0 Å². The van der Waals surface area contributed by atoms with Crippen LogP contribution in [-0.4, -0.2) is 34.6 Å². The maximum atomic E-state index is 5.85. The van der Waals surface area contributed by atoms with Gasteiger partial charge < -0.3 is 14.0 Å². The summed E-state index contributed by atoms with van der Waals surface area (Å²) in [5.41, 5.74) is 0. The van der Waals surface area contributed by atoms with Gasteiger partial charge in [0.2, 0.25) is 0 Å². The third-order valence-electron chi connectivity index (χ3n) is 3.01. The van der Waals surface area contributed by atoms with E-state index in [1.54, 1.807) is 7.11 Å². The van der Waals surface area contributed by atoms with Gasteiger partial charge in [-0.15, -0.1) is 21.8 Å². The maximum Gasteiger partial charge on any atom is 0.162 e. The van der Waals surface area contributed by atoms with E-state index in [0.29, 0.717) is 18.6 Å². The van der Waals surface area contributed by atoms with Gasteiger partial charge >= 0.3 is 0 Å². The van der Waals surface area contributed by atoms with Crippen molar-refractivity contribution in [1.82, 2.24) is 14.8 Å². The first-order chi connectivity index (χ1) is 8.26. The lowest BCUT2D eigenvalue weighted by atomic mass is 10.2. The van der Waals surface area contributed by atoms with Crippen molar-refractivity contribution < 1.29 is 9.47 Å². The summed E-state index contributed by atoms with van der Waals surface area (Å²) >= 11 is 5.85. The van der Waals surface area contributed by atoms with E-state index >= 15 is 0 Å². The fourth-order valence-electron chi connectivity index (χ4n) is 2.10. The van der Waals surface area contributed by atoms with E-state index in [-0.39, 0.29) is 6.10 Å². The summed E-state index contributed by atoms with van der Waals surface area (Å²) < 4.78 is 12.9. The average molecular weight is 260 g/mol. The number of halogens is 1. The molecule has 0 radical (unpaired) electrons. The zero-order valence-electron chi connectivity index (χ0n) is 10.2. The second-order valence-corrected chi connectivity index (χ2v) is 4.53. The Kier molecular flexibility index (Phi) is 4.36.